The lowest BCUT2D eigenvalue weighted by Crippen LogP contribution is -2.49. The molecule has 0 spiro atoms. The molecule has 0 radical (unpaired) electrons. The van der Waals surface area contributed by atoms with Gasteiger partial charge in [-0.1, -0.05) is 24.3 Å². The molecule has 3 rings (SSSR count). The molecule has 0 saturated carbocycles. The van der Waals surface area contributed by atoms with Crippen LogP contribution in [0.5, 0.6) is 0 Å². The fraction of sp³-hybridized carbons (Fsp3) is 0.333. The van der Waals surface area contributed by atoms with E-state index in [9.17, 15) is 4.79 Å². The van der Waals surface area contributed by atoms with Crippen molar-refractivity contribution in [3.05, 3.63) is 59.7 Å². The summed E-state index contributed by atoms with van der Waals surface area (Å²) in [7, 11) is 0. The summed E-state index contributed by atoms with van der Waals surface area (Å²) in [5.74, 6) is 0.163. The molecule has 2 aromatic rings. The molecule has 1 saturated heterocycles. The minimum atomic E-state index is 0.163. The first-order chi connectivity index (χ1) is 12.7. The quantitative estimate of drug-likeness (QED) is 0.902. The Bertz CT molecular complexity index is 804. The standard InChI is InChI=1S/C21H24N4O/c1-17-5-4-7-19(15-17)24-11-13-25(14-12-24)21(26)9-10-23-20-8-3-2-6-18(20)16-22/h2-8,15,23H,9-14H2,1H3. The van der Waals surface area contributed by atoms with Crippen LogP contribution in [-0.4, -0.2) is 43.5 Å². The highest BCUT2D eigenvalue weighted by atomic mass is 16.2. The van der Waals surface area contributed by atoms with Gasteiger partial charge in [0.1, 0.15) is 6.07 Å². The third-order valence-electron chi connectivity index (χ3n) is 4.70. The average Bonchev–Trinajstić information content (AvgIpc) is 2.68. The number of rotatable bonds is 5. The predicted molar refractivity (Wildman–Crippen MR) is 104 cm³/mol. The van der Waals surface area contributed by atoms with E-state index in [4.69, 9.17) is 5.26 Å². The number of carbonyl (C=O) groups is 1. The number of benzene rings is 2. The zero-order valence-electron chi connectivity index (χ0n) is 15.1. The van der Waals surface area contributed by atoms with Crippen molar-refractivity contribution in [3.63, 3.8) is 0 Å². The molecule has 1 heterocycles. The Balaban J connectivity index is 1.46. The topological polar surface area (TPSA) is 59.4 Å². The van der Waals surface area contributed by atoms with Crippen molar-refractivity contribution in [3.8, 4) is 6.07 Å². The minimum absolute atomic E-state index is 0.163. The smallest absolute Gasteiger partial charge is 0.224 e. The maximum absolute atomic E-state index is 12.4. The van der Waals surface area contributed by atoms with Crippen LogP contribution in [-0.2, 0) is 4.79 Å². The van der Waals surface area contributed by atoms with Crippen molar-refractivity contribution < 1.29 is 4.79 Å². The van der Waals surface area contributed by atoms with Gasteiger partial charge in [0, 0.05) is 44.8 Å². The van der Waals surface area contributed by atoms with Gasteiger partial charge in [-0.2, -0.15) is 5.26 Å². The second kappa shape index (κ2) is 8.39. The van der Waals surface area contributed by atoms with Gasteiger partial charge in [-0.15, -0.1) is 0 Å². The minimum Gasteiger partial charge on any atom is -0.383 e. The van der Waals surface area contributed by atoms with E-state index >= 15 is 0 Å². The number of piperazine rings is 1. The van der Waals surface area contributed by atoms with Gasteiger partial charge in [-0.25, -0.2) is 0 Å². The van der Waals surface area contributed by atoms with Crippen LogP contribution < -0.4 is 10.2 Å². The molecular weight excluding hydrogens is 324 g/mol. The molecule has 1 fully saturated rings. The van der Waals surface area contributed by atoms with Crippen molar-refractivity contribution in [1.82, 2.24) is 4.90 Å². The van der Waals surface area contributed by atoms with Gasteiger partial charge in [0.2, 0.25) is 5.91 Å². The zero-order valence-corrected chi connectivity index (χ0v) is 15.1. The summed E-state index contributed by atoms with van der Waals surface area (Å²) in [5.41, 5.74) is 3.87. The van der Waals surface area contributed by atoms with E-state index in [1.54, 1.807) is 6.07 Å². The lowest BCUT2D eigenvalue weighted by molar-refractivity contribution is -0.131. The number of hydrogen-bond donors (Lipinski definition) is 1. The third-order valence-corrected chi connectivity index (χ3v) is 4.70. The highest BCUT2D eigenvalue weighted by Gasteiger charge is 2.21. The zero-order chi connectivity index (χ0) is 18.4. The maximum Gasteiger partial charge on any atom is 0.224 e. The summed E-state index contributed by atoms with van der Waals surface area (Å²) in [5, 5.41) is 12.3. The Kier molecular flexibility index (Phi) is 5.75. The van der Waals surface area contributed by atoms with Gasteiger partial charge in [-0.3, -0.25) is 4.79 Å². The molecule has 26 heavy (non-hydrogen) atoms. The molecule has 1 N–H and O–H groups in total. The molecule has 0 aliphatic carbocycles. The summed E-state index contributed by atoms with van der Waals surface area (Å²) in [4.78, 5) is 16.7. The summed E-state index contributed by atoms with van der Waals surface area (Å²) in [6, 6.07) is 18.0. The Morgan fingerprint density at radius 3 is 2.62 bits per heavy atom. The van der Waals surface area contributed by atoms with Crippen LogP contribution in [0.2, 0.25) is 0 Å². The Morgan fingerprint density at radius 2 is 1.88 bits per heavy atom. The SMILES string of the molecule is Cc1cccc(N2CCN(C(=O)CCNc3ccccc3C#N)CC2)c1. The number of hydrogen-bond acceptors (Lipinski definition) is 4. The average molecular weight is 348 g/mol. The fourth-order valence-corrected chi connectivity index (χ4v) is 3.24. The van der Waals surface area contributed by atoms with E-state index in [0.29, 0.717) is 18.5 Å². The van der Waals surface area contributed by atoms with Crippen LogP contribution in [0.4, 0.5) is 11.4 Å². The van der Waals surface area contributed by atoms with E-state index in [1.807, 2.05) is 23.1 Å². The van der Waals surface area contributed by atoms with Crippen molar-refractivity contribution in [2.75, 3.05) is 42.9 Å². The van der Waals surface area contributed by atoms with Crippen LogP contribution in [0.25, 0.3) is 0 Å². The molecular formula is C21H24N4O. The first-order valence-electron chi connectivity index (χ1n) is 9.00. The second-order valence-electron chi connectivity index (χ2n) is 6.54. The molecule has 1 aliphatic heterocycles. The number of amides is 1. The molecule has 1 amide bonds. The van der Waals surface area contributed by atoms with E-state index < -0.39 is 0 Å². The number of nitrogens with one attached hydrogen (secondary N) is 1. The predicted octanol–water partition coefficient (Wildman–Crippen LogP) is 3.02. The summed E-state index contributed by atoms with van der Waals surface area (Å²) < 4.78 is 0. The lowest BCUT2D eigenvalue weighted by Gasteiger charge is -2.36. The van der Waals surface area contributed by atoms with Crippen molar-refractivity contribution in [2.24, 2.45) is 0 Å². The second-order valence-corrected chi connectivity index (χ2v) is 6.54. The van der Waals surface area contributed by atoms with Crippen LogP contribution >= 0.6 is 0 Å². The van der Waals surface area contributed by atoms with Crippen LogP contribution in [0, 0.1) is 18.3 Å². The van der Waals surface area contributed by atoms with Gasteiger partial charge in [0.15, 0.2) is 0 Å². The van der Waals surface area contributed by atoms with Gasteiger partial charge < -0.3 is 15.1 Å². The van der Waals surface area contributed by atoms with Crippen LogP contribution in [0.15, 0.2) is 48.5 Å². The Labute approximate surface area is 154 Å². The highest BCUT2D eigenvalue weighted by Crippen LogP contribution is 2.18. The normalized spacial score (nSPS) is 14.0. The van der Waals surface area contributed by atoms with Gasteiger partial charge >= 0.3 is 0 Å². The van der Waals surface area contributed by atoms with Crippen molar-refractivity contribution in [2.45, 2.75) is 13.3 Å². The number of anilines is 2. The van der Waals surface area contributed by atoms with Crippen LogP contribution in [0.3, 0.4) is 0 Å². The largest absolute Gasteiger partial charge is 0.383 e. The molecule has 0 bridgehead atoms. The molecule has 5 nitrogen and oxygen atoms in total. The molecule has 0 atom stereocenters. The monoisotopic (exact) mass is 348 g/mol. The number of para-hydroxylation sites is 1. The van der Waals surface area contributed by atoms with Gasteiger partial charge in [0.25, 0.3) is 0 Å². The molecule has 1 aliphatic rings. The van der Waals surface area contributed by atoms with Crippen molar-refractivity contribution >= 4 is 17.3 Å². The Morgan fingerprint density at radius 1 is 1.12 bits per heavy atom. The third kappa shape index (κ3) is 4.34. The highest BCUT2D eigenvalue weighted by molar-refractivity contribution is 5.77. The summed E-state index contributed by atoms with van der Waals surface area (Å²) in [6.45, 7) is 5.86. The first-order valence-corrected chi connectivity index (χ1v) is 9.00. The van der Waals surface area contributed by atoms with Gasteiger partial charge in [0.05, 0.1) is 11.3 Å². The fourth-order valence-electron chi connectivity index (χ4n) is 3.24. The molecule has 0 unspecified atom stereocenters. The summed E-state index contributed by atoms with van der Waals surface area (Å²) in [6.07, 6.45) is 0.435. The molecule has 134 valence electrons. The van der Waals surface area contributed by atoms with Gasteiger partial charge in [-0.05, 0) is 36.8 Å². The first kappa shape index (κ1) is 17.8. The number of aryl methyl sites for hydroxylation is 1. The molecule has 0 aromatic heterocycles. The van der Waals surface area contributed by atoms with Crippen LogP contribution in [0.1, 0.15) is 17.5 Å². The number of nitriles is 1. The molecule has 2 aromatic carbocycles. The van der Waals surface area contributed by atoms with E-state index in [0.717, 1.165) is 31.9 Å². The van der Waals surface area contributed by atoms with E-state index in [1.165, 1.54) is 11.3 Å². The number of carbonyl (C=O) groups excluding carboxylic acids is 1. The Hall–Kier alpha value is -3.00. The van der Waals surface area contributed by atoms with Crippen molar-refractivity contribution in [1.29, 1.82) is 5.26 Å². The lowest BCUT2D eigenvalue weighted by atomic mass is 10.2. The maximum atomic E-state index is 12.4. The van der Waals surface area contributed by atoms with E-state index in [2.05, 4.69) is 47.5 Å². The number of nitrogens with zero attached hydrogens (tertiary/aromatic N) is 3. The summed E-state index contributed by atoms with van der Waals surface area (Å²) >= 11 is 0. The molecule has 5 heteroatoms. The van der Waals surface area contributed by atoms with E-state index in [-0.39, 0.29) is 5.91 Å².